The van der Waals surface area contributed by atoms with Gasteiger partial charge in [0.25, 0.3) is 0 Å². The fourth-order valence-corrected chi connectivity index (χ4v) is 2.17. The molecule has 1 saturated heterocycles. The van der Waals surface area contributed by atoms with Crippen molar-refractivity contribution in [2.75, 3.05) is 18.0 Å². The first-order valence-corrected chi connectivity index (χ1v) is 6.76. The van der Waals surface area contributed by atoms with Crippen LogP contribution in [0.3, 0.4) is 0 Å². The monoisotopic (exact) mass is 289 g/mol. The van der Waals surface area contributed by atoms with Gasteiger partial charge in [-0.1, -0.05) is 37.0 Å². The van der Waals surface area contributed by atoms with Crippen LogP contribution in [0.15, 0.2) is 18.2 Å². The highest BCUT2D eigenvalue weighted by Crippen LogP contribution is 2.30. The number of carboxylic acid groups (broad SMARTS) is 1. The van der Waals surface area contributed by atoms with Crippen molar-refractivity contribution < 1.29 is 9.90 Å². The van der Waals surface area contributed by atoms with E-state index in [1.807, 2.05) is 24.8 Å². The lowest BCUT2D eigenvalue weighted by atomic mass is 10.1. The van der Waals surface area contributed by atoms with Gasteiger partial charge in [-0.05, 0) is 24.6 Å². The molecule has 0 aliphatic carbocycles. The molecular formula is C13H17Cl2NO2. The Morgan fingerprint density at radius 2 is 2.00 bits per heavy atom. The summed E-state index contributed by atoms with van der Waals surface area (Å²) in [5, 5.41) is 9.91. The standard InChI is InChI=1S/C11H11Cl2NO2.C2H6/c12-9-2-1-8(5-10(9)13)14-4-3-7(6-14)11(15)16;1-2/h1-2,5,7H,3-4,6H2,(H,15,16);1-2H3. The topological polar surface area (TPSA) is 40.5 Å². The number of carboxylic acids is 1. The third kappa shape index (κ3) is 3.53. The third-order valence-electron chi connectivity index (χ3n) is 2.81. The number of hydrogen-bond donors (Lipinski definition) is 1. The molecule has 0 radical (unpaired) electrons. The Balaban J connectivity index is 0.000000771. The number of rotatable bonds is 2. The summed E-state index contributed by atoms with van der Waals surface area (Å²) in [5.74, 6) is -1.02. The average Bonchev–Trinajstić information content (AvgIpc) is 2.85. The average molecular weight is 290 g/mol. The van der Waals surface area contributed by atoms with Crippen molar-refractivity contribution >= 4 is 34.9 Å². The van der Waals surface area contributed by atoms with E-state index in [0.29, 0.717) is 23.0 Å². The van der Waals surface area contributed by atoms with Crippen LogP contribution in [0, 0.1) is 5.92 Å². The number of anilines is 1. The summed E-state index contributed by atoms with van der Waals surface area (Å²) >= 11 is 11.7. The molecule has 5 heteroatoms. The van der Waals surface area contributed by atoms with Gasteiger partial charge < -0.3 is 10.0 Å². The van der Waals surface area contributed by atoms with Crippen molar-refractivity contribution in [2.24, 2.45) is 5.92 Å². The summed E-state index contributed by atoms with van der Waals surface area (Å²) in [6.07, 6.45) is 0.676. The van der Waals surface area contributed by atoms with E-state index in [2.05, 4.69) is 0 Å². The third-order valence-corrected chi connectivity index (χ3v) is 3.54. The second-order valence-electron chi connectivity index (χ2n) is 3.87. The van der Waals surface area contributed by atoms with Crippen LogP contribution in [0.1, 0.15) is 20.3 Å². The summed E-state index contributed by atoms with van der Waals surface area (Å²) in [6.45, 7) is 5.28. The maximum absolute atomic E-state index is 10.8. The summed E-state index contributed by atoms with van der Waals surface area (Å²) in [6, 6.07) is 5.36. The van der Waals surface area contributed by atoms with Crippen LogP contribution in [-0.4, -0.2) is 24.2 Å². The molecule has 3 nitrogen and oxygen atoms in total. The van der Waals surface area contributed by atoms with E-state index >= 15 is 0 Å². The molecule has 1 unspecified atom stereocenters. The van der Waals surface area contributed by atoms with Crippen molar-refractivity contribution in [3.05, 3.63) is 28.2 Å². The van der Waals surface area contributed by atoms with Crippen molar-refractivity contribution in [2.45, 2.75) is 20.3 Å². The number of hydrogen-bond acceptors (Lipinski definition) is 2. The molecule has 18 heavy (non-hydrogen) atoms. The molecule has 1 aliphatic heterocycles. The zero-order valence-corrected chi connectivity index (χ0v) is 12.0. The molecule has 100 valence electrons. The Bertz CT molecular complexity index is 423. The van der Waals surface area contributed by atoms with Crippen LogP contribution in [0.4, 0.5) is 5.69 Å². The van der Waals surface area contributed by atoms with E-state index in [0.717, 1.165) is 12.2 Å². The number of carbonyl (C=O) groups is 1. The number of benzene rings is 1. The van der Waals surface area contributed by atoms with Gasteiger partial charge in [-0.15, -0.1) is 0 Å². The van der Waals surface area contributed by atoms with Gasteiger partial charge in [0.2, 0.25) is 0 Å². The summed E-state index contributed by atoms with van der Waals surface area (Å²) in [5.41, 5.74) is 0.929. The lowest BCUT2D eigenvalue weighted by molar-refractivity contribution is -0.140. The summed E-state index contributed by atoms with van der Waals surface area (Å²) in [7, 11) is 0. The lowest BCUT2D eigenvalue weighted by Crippen LogP contribution is -2.22. The Morgan fingerprint density at radius 1 is 1.33 bits per heavy atom. The van der Waals surface area contributed by atoms with Gasteiger partial charge in [0, 0.05) is 18.8 Å². The predicted molar refractivity (Wildman–Crippen MR) is 75.8 cm³/mol. The number of halogens is 2. The van der Waals surface area contributed by atoms with Crippen LogP contribution >= 0.6 is 23.2 Å². The molecular weight excluding hydrogens is 273 g/mol. The first-order valence-electron chi connectivity index (χ1n) is 6.00. The zero-order chi connectivity index (χ0) is 13.7. The summed E-state index contributed by atoms with van der Waals surface area (Å²) in [4.78, 5) is 12.8. The van der Waals surface area contributed by atoms with Crippen LogP contribution < -0.4 is 4.90 Å². The smallest absolute Gasteiger partial charge is 0.308 e. The zero-order valence-electron chi connectivity index (χ0n) is 10.5. The molecule has 2 rings (SSSR count). The van der Waals surface area contributed by atoms with E-state index in [4.69, 9.17) is 28.3 Å². The van der Waals surface area contributed by atoms with E-state index in [1.165, 1.54) is 0 Å². The van der Waals surface area contributed by atoms with Crippen LogP contribution in [-0.2, 0) is 4.79 Å². The van der Waals surface area contributed by atoms with E-state index in [9.17, 15) is 4.79 Å². The van der Waals surface area contributed by atoms with E-state index < -0.39 is 5.97 Å². The molecule has 1 aromatic carbocycles. The van der Waals surface area contributed by atoms with Crippen molar-refractivity contribution in [3.8, 4) is 0 Å². The normalized spacial score (nSPS) is 18.2. The van der Waals surface area contributed by atoms with Crippen molar-refractivity contribution in [3.63, 3.8) is 0 Å². The minimum atomic E-state index is -0.734. The van der Waals surface area contributed by atoms with Gasteiger partial charge >= 0.3 is 5.97 Å². The maximum Gasteiger partial charge on any atom is 0.308 e. The molecule has 1 fully saturated rings. The van der Waals surface area contributed by atoms with Crippen molar-refractivity contribution in [1.29, 1.82) is 0 Å². The highest BCUT2D eigenvalue weighted by atomic mass is 35.5. The van der Waals surface area contributed by atoms with Gasteiger partial charge in [0.15, 0.2) is 0 Å². The van der Waals surface area contributed by atoms with Gasteiger partial charge in [0.1, 0.15) is 0 Å². The highest BCUT2D eigenvalue weighted by Gasteiger charge is 2.28. The first-order chi connectivity index (χ1) is 8.58. The molecule has 0 aromatic heterocycles. The molecule has 1 atom stereocenters. The minimum Gasteiger partial charge on any atom is -0.481 e. The predicted octanol–water partition coefficient (Wildman–Crippen LogP) is 3.93. The Kier molecular flexibility index (Phi) is 5.76. The summed E-state index contributed by atoms with van der Waals surface area (Å²) < 4.78 is 0. The molecule has 0 spiro atoms. The quantitative estimate of drug-likeness (QED) is 0.897. The van der Waals surface area contributed by atoms with Gasteiger partial charge in [0.05, 0.1) is 16.0 Å². The van der Waals surface area contributed by atoms with E-state index in [1.54, 1.807) is 12.1 Å². The lowest BCUT2D eigenvalue weighted by Gasteiger charge is -2.18. The van der Waals surface area contributed by atoms with Crippen LogP contribution in [0.2, 0.25) is 10.0 Å². The van der Waals surface area contributed by atoms with Gasteiger partial charge in [-0.2, -0.15) is 0 Å². The number of nitrogens with zero attached hydrogens (tertiary/aromatic N) is 1. The number of aliphatic carboxylic acids is 1. The van der Waals surface area contributed by atoms with Gasteiger partial charge in [-0.3, -0.25) is 4.79 Å². The van der Waals surface area contributed by atoms with Crippen LogP contribution in [0.25, 0.3) is 0 Å². The second-order valence-corrected chi connectivity index (χ2v) is 4.68. The molecule has 0 amide bonds. The molecule has 1 N–H and O–H groups in total. The fourth-order valence-electron chi connectivity index (χ4n) is 1.88. The molecule has 0 saturated carbocycles. The van der Waals surface area contributed by atoms with E-state index in [-0.39, 0.29) is 5.92 Å². The second kappa shape index (κ2) is 6.86. The largest absolute Gasteiger partial charge is 0.481 e. The van der Waals surface area contributed by atoms with Crippen molar-refractivity contribution in [1.82, 2.24) is 0 Å². The molecule has 0 bridgehead atoms. The highest BCUT2D eigenvalue weighted by molar-refractivity contribution is 6.42. The maximum atomic E-state index is 10.8. The Labute approximate surface area is 117 Å². The molecule has 1 aromatic rings. The Hall–Kier alpha value is -0.930. The van der Waals surface area contributed by atoms with Crippen LogP contribution in [0.5, 0.6) is 0 Å². The fraction of sp³-hybridized carbons (Fsp3) is 0.462. The first kappa shape index (κ1) is 15.1. The molecule has 1 aliphatic rings. The molecule has 1 heterocycles. The SMILES string of the molecule is CC.O=C(O)C1CCN(c2ccc(Cl)c(Cl)c2)C1. The Morgan fingerprint density at radius 3 is 2.50 bits per heavy atom. The van der Waals surface area contributed by atoms with Gasteiger partial charge in [-0.25, -0.2) is 0 Å². The minimum absolute atomic E-state index is 0.283.